The number of benzene rings is 1. The predicted molar refractivity (Wildman–Crippen MR) is 64.7 cm³/mol. The second-order valence-electron chi connectivity index (χ2n) is 4.24. The Morgan fingerprint density at radius 2 is 2.05 bits per heavy atom. The number of rotatable bonds is 6. The Labute approximate surface area is 109 Å². The lowest BCUT2D eigenvalue weighted by molar-refractivity contribution is -0.141. The summed E-state index contributed by atoms with van der Waals surface area (Å²) < 4.78 is 26.2. The molecule has 1 rings (SSSR count). The molecule has 1 aromatic carbocycles. The van der Waals surface area contributed by atoms with Crippen molar-refractivity contribution in [2.45, 2.75) is 19.8 Å². The van der Waals surface area contributed by atoms with E-state index < -0.39 is 29.4 Å². The van der Waals surface area contributed by atoms with Crippen LogP contribution in [0.5, 0.6) is 0 Å². The molecule has 0 radical (unpaired) electrons. The number of hydrogen-bond acceptors (Lipinski definition) is 2. The molecule has 0 spiro atoms. The van der Waals surface area contributed by atoms with Crippen LogP contribution >= 0.6 is 0 Å². The van der Waals surface area contributed by atoms with Crippen LogP contribution in [0.2, 0.25) is 0 Å². The number of halogens is 2. The third-order valence-corrected chi connectivity index (χ3v) is 2.72. The first kappa shape index (κ1) is 15.1. The normalized spacial score (nSPS) is 11.9. The van der Waals surface area contributed by atoms with E-state index in [9.17, 15) is 18.4 Å². The Balaban J connectivity index is 2.44. The summed E-state index contributed by atoms with van der Waals surface area (Å²) in [6.07, 6.45) is 0.859. The summed E-state index contributed by atoms with van der Waals surface area (Å²) in [5, 5.41) is 11.1. The molecule has 1 amide bonds. The number of carboxylic acid groups (broad SMARTS) is 1. The number of aliphatic carboxylic acids is 1. The van der Waals surface area contributed by atoms with E-state index in [1.165, 1.54) is 12.1 Å². The van der Waals surface area contributed by atoms with Crippen LogP contribution in [-0.2, 0) is 4.79 Å². The smallest absolute Gasteiger partial charge is 0.306 e. The van der Waals surface area contributed by atoms with Gasteiger partial charge in [-0.3, -0.25) is 9.59 Å². The Kier molecular flexibility index (Phi) is 5.41. The molecule has 2 N–H and O–H groups in total. The number of hydrogen-bond donors (Lipinski definition) is 2. The van der Waals surface area contributed by atoms with E-state index in [1.807, 2.05) is 0 Å². The van der Waals surface area contributed by atoms with E-state index in [4.69, 9.17) is 5.11 Å². The third kappa shape index (κ3) is 4.31. The van der Waals surface area contributed by atoms with E-state index in [1.54, 1.807) is 6.92 Å². The molecule has 0 fully saturated rings. The van der Waals surface area contributed by atoms with Crippen molar-refractivity contribution in [3.8, 4) is 0 Å². The minimum atomic E-state index is -1.18. The van der Waals surface area contributed by atoms with E-state index in [-0.39, 0.29) is 12.1 Å². The number of carbonyl (C=O) groups excluding carboxylic acids is 1. The van der Waals surface area contributed by atoms with Crippen LogP contribution in [-0.4, -0.2) is 23.5 Å². The molecule has 0 aliphatic rings. The molecule has 104 valence electrons. The highest BCUT2D eigenvalue weighted by Gasteiger charge is 2.15. The van der Waals surface area contributed by atoms with E-state index in [2.05, 4.69) is 5.32 Å². The van der Waals surface area contributed by atoms with Gasteiger partial charge in [-0.25, -0.2) is 8.78 Å². The molecule has 19 heavy (non-hydrogen) atoms. The summed E-state index contributed by atoms with van der Waals surface area (Å²) >= 11 is 0. The molecule has 1 unspecified atom stereocenters. The maximum atomic E-state index is 13.3. The molecule has 0 aliphatic heterocycles. The number of nitrogens with one attached hydrogen (secondary N) is 1. The quantitative estimate of drug-likeness (QED) is 0.779. The molecule has 1 aromatic rings. The molecule has 0 aliphatic carbocycles. The molecule has 0 bridgehead atoms. The minimum Gasteiger partial charge on any atom is -0.481 e. The second kappa shape index (κ2) is 6.82. The van der Waals surface area contributed by atoms with Gasteiger partial charge in [-0.05, 0) is 25.0 Å². The zero-order valence-electron chi connectivity index (χ0n) is 10.5. The minimum absolute atomic E-state index is 0.215. The fraction of sp³-hybridized carbons (Fsp3) is 0.385. The van der Waals surface area contributed by atoms with Gasteiger partial charge in [-0.1, -0.05) is 13.0 Å². The van der Waals surface area contributed by atoms with Crippen LogP contribution in [0.4, 0.5) is 8.78 Å². The Hall–Kier alpha value is -1.98. The van der Waals surface area contributed by atoms with Gasteiger partial charge < -0.3 is 10.4 Å². The van der Waals surface area contributed by atoms with Crippen molar-refractivity contribution >= 4 is 11.9 Å². The largest absolute Gasteiger partial charge is 0.481 e. The number of amides is 1. The third-order valence-electron chi connectivity index (χ3n) is 2.72. The van der Waals surface area contributed by atoms with Crippen LogP contribution < -0.4 is 5.32 Å². The van der Waals surface area contributed by atoms with Crippen molar-refractivity contribution in [2.24, 2.45) is 5.92 Å². The van der Waals surface area contributed by atoms with Gasteiger partial charge >= 0.3 is 5.97 Å². The van der Waals surface area contributed by atoms with Crippen LogP contribution in [0.25, 0.3) is 0 Å². The topological polar surface area (TPSA) is 66.4 Å². The monoisotopic (exact) mass is 271 g/mol. The first-order chi connectivity index (χ1) is 8.93. The van der Waals surface area contributed by atoms with Gasteiger partial charge in [0.15, 0.2) is 11.6 Å². The number of carbonyl (C=O) groups is 2. The van der Waals surface area contributed by atoms with Crippen molar-refractivity contribution in [1.82, 2.24) is 5.32 Å². The highest BCUT2D eigenvalue weighted by Crippen LogP contribution is 2.11. The molecule has 1 atom stereocenters. The molecule has 0 saturated carbocycles. The molecule has 4 nitrogen and oxygen atoms in total. The van der Waals surface area contributed by atoms with Gasteiger partial charge in [0, 0.05) is 6.54 Å². The average Bonchev–Trinajstić information content (AvgIpc) is 2.37. The molecule has 0 heterocycles. The van der Waals surface area contributed by atoms with Crippen molar-refractivity contribution in [2.75, 3.05) is 6.54 Å². The Bertz CT molecular complexity index is 477. The van der Waals surface area contributed by atoms with Crippen LogP contribution in [0, 0.1) is 17.6 Å². The standard InChI is InChI=1S/C13H15F2NO3/c1-8(13(18)19)4-3-7-16-12(17)9-5-2-6-10(14)11(9)15/h2,5-6,8H,3-4,7H2,1H3,(H,16,17)(H,18,19). The van der Waals surface area contributed by atoms with Crippen molar-refractivity contribution in [3.63, 3.8) is 0 Å². The summed E-state index contributed by atoms with van der Waals surface area (Å²) in [6.45, 7) is 1.78. The lowest BCUT2D eigenvalue weighted by Gasteiger charge is -2.08. The molecular formula is C13H15F2NO3. The van der Waals surface area contributed by atoms with E-state index >= 15 is 0 Å². The summed E-state index contributed by atoms with van der Waals surface area (Å²) in [7, 11) is 0. The molecular weight excluding hydrogens is 256 g/mol. The van der Waals surface area contributed by atoms with Crippen molar-refractivity contribution < 1.29 is 23.5 Å². The van der Waals surface area contributed by atoms with Crippen molar-refractivity contribution in [3.05, 3.63) is 35.4 Å². The highest BCUT2D eigenvalue weighted by molar-refractivity contribution is 5.94. The summed E-state index contributed by atoms with van der Waals surface area (Å²) in [5.74, 6) is -4.36. The van der Waals surface area contributed by atoms with Crippen LogP contribution in [0.1, 0.15) is 30.1 Å². The second-order valence-corrected chi connectivity index (χ2v) is 4.24. The first-order valence-electron chi connectivity index (χ1n) is 5.88. The SMILES string of the molecule is CC(CCCNC(=O)c1cccc(F)c1F)C(=O)O. The van der Waals surface area contributed by atoms with Crippen LogP contribution in [0.15, 0.2) is 18.2 Å². The molecule has 0 saturated heterocycles. The van der Waals surface area contributed by atoms with Crippen molar-refractivity contribution in [1.29, 1.82) is 0 Å². The Morgan fingerprint density at radius 3 is 2.68 bits per heavy atom. The lowest BCUT2D eigenvalue weighted by Crippen LogP contribution is -2.26. The van der Waals surface area contributed by atoms with E-state index in [0.717, 1.165) is 6.07 Å². The van der Waals surface area contributed by atoms with Gasteiger partial charge in [0.25, 0.3) is 5.91 Å². The molecule has 6 heteroatoms. The Morgan fingerprint density at radius 1 is 1.37 bits per heavy atom. The molecule has 0 aromatic heterocycles. The summed E-state index contributed by atoms with van der Waals surface area (Å²) in [5.41, 5.74) is -0.355. The van der Waals surface area contributed by atoms with E-state index in [0.29, 0.717) is 12.8 Å². The van der Waals surface area contributed by atoms with Crippen LogP contribution in [0.3, 0.4) is 0 Å². The summed E-state index contributed by atoms with van der Waals surface area (Å²) in [6, 6.07) is 3.37. The first-order valence-corrected chi connectivity index (χ1v) is 5.88. The fourth-order valence-electron chi connectivity index (χ4n) is 1.51. The zero-order valence-corrected chi connectivity index (χ0v) is 10.5. The van der Waals surface area contributed by atoms with Gasteiger partial charge in [-0.15, -0.1) is 0 Å². The number of carboxylic acids is 1. The van der Waals surface area contributed by atoms with Gasteiger partial charge in [0.1, 0.15) is 0 Å². The fourth-order valence-corrected chi connectivity index (χ4v) is 1.51. The summed E-state index contributed by atoms with van der Waals surface area (Å²) in [4.78, 5) is 22.1. The van der Waals surface area contributed by atoms with Gasteiger partial charge in [-0.2, -0.15) is 0 Å². The van der Waals surface area contributed by atoms with Gasteiger partial charge in [0.05, 0.1) is 11.5 Å². The average molecular weight is 271 g/mol. The zero-order chi connectivity index (χ0) is 14.4. The lowest BCUT2D eigenvalue weighted by atomic mass is 10.1. The maximum absolute atomic E-state index is 13.3. The highest BCUT2D eigenvalue weighted by atomic mass is 19.2. The maximum Gasteiger partial charge on any atom is 0.306 e. The predicted octanol–water partition coefficient (Wildman–Crippen LogP) is 2.20. The van der Waals surface area contributed by atoms with Gasteiger partial charge in [0.2, 0.25) is 0 Å².